The number of halogens is 1. The van der Waals surface area contributed by atoms with Gasteiger partial charge in [-0.1, -0.05) is 11.6 Å². The molecule has 1 fully saturated rings. The predicted molar refractivity (Wildman–Crippen MR) is 90.2 cm³/mol. The van der Waals surface area contributed by atoms with E-state index in [2.05, 4.69) is 15.6 Å². The molecule has 4 nitrogen and oxygen atoms in total. The molecule has 22 heavy (non-hydrogen) atoms. The Morgan fingerprint density at radius 2 is 2.32 bits per heavy atom. The summed E-state index contributed by atoms with van der Waals surface area (Å²) in [6.07, 6.45) is 5.63. The van der Waals surface area contributed by atoms with Gasteiger partial charge in [0, 0.05) is 35.1 Å². The minimum absolute atomic E-state index is 0.157. The van der Waals surface area contributed by atoms with Gasteiger partial charge in [0.05, 0.1) is 0 Å². The average Bonchev–Trinajstić information content (AvgIpc) is 3.15. The first-order valence-corrected chi connectivity index (χ1v) is 8.33. The highest BCUT2D eigenvalue weighted by Gasteiger charge is 2.15. The lowest BCUT2D eigenvalue weighted by atomic mass is 10.0. The van der Waals surface area contributed by atoms with Gasteiger partial charge in [-0.25, -0.2) is 0 Å². The second kappa shape index (κ2) is 7.16. The zero-order valence-corrected chi connectivity index (χ0v) is 13.4. The summed E-state index contributed by atoms with van der Waals surface area (Å²) in [4.78, 5) is 15.1. The van der Waals surface area contributed by atoms with Crippen molar-refractivity contribution >= 4 is 28.4 Å². The number of hydrogen-bond donors (Lipinski definition) is 3. The van der Waals surface area contributed by atoms with Crippen molar-refractivity contribution < 1.29 is 4.79 Å². The smallest absolute Gasteiger partial charge is 0.220 e. The molecule has 0 saturated carbocycles. The first-order valence-electron chi connectivity index (χ1n) is 7.95. The number of hydrogen-bond acceptors (Lipinski definition) is 2. The van der Waals surface area contributed by atoms with Crippen LogP contribution >= 0.6 is 11.6 Å². The van der Waals surface area contributed by atoms with Crippen molar-refractivity contribution in [1.82, 2.24) is 15.6 Å². The predicted octanol–water partition coefficient (Wildman–Crippen LogP) is 2.87. The lowest BCUT2D eigenvalue weighted by Gasteiger charge is -2.08. The van der Waals surface area contributed by atoms with Crippen LogP contribution in [0.4, 0.5) is 0 Å². The van der Waals surface area contributed by atoms with E-state index in [0.717, 1.165) is 41.9 Å². The summed E-state index contributed by atoms with van der Waals surface area (Å²) in [5.74, 6) is 0.825. The maximum Gasteiger partial charge on any atom is 0.220 e. The highest BCUT2D eigenvalue weighted by Crippen LogP contribution is 2.22. The number of amides is 1. The molecule has 1 atom stereocenters. The van der Waals surface area contributed by atoms with Gasteiger partial charge in [0.15, 0.2) is 0 Å². The van der Waals surface area contributed by atoms with Crippen molar-refractivity contribution in [3.63, 3.8) is 0 Å². The van der Waals surface area contributed by atoms with Crippen LogP contribution in [0.5, 0.6) is 0 Å². The third-order valence-corrected chi connectivity index (χ3v) is 4.62. The molecule has 1 aromatic carbocycles. The molecule has 2 aromatic rings. The van der Waals surface area contributed by atoms with Gasteiger partial charge in [-0.2, -0.15) is 0 Å². The number of benzene rings is 1. The van der Waals surface area contributed by atoms with Crippen LogP contribution in [-0.4, -0.2) is 30.5 Å². The van der Waals surface area contributed by atoms with Crippen molar-refractivity contribution in [2.24, 2.45) is 5.92 Å². The molecule has 2 heterocycles. The van der Waals surface area contributed by atoms with E-state index in [4.69, 9.17) is 11.6 Å². The normalized spacial score (nSPS) is 18.0. The van der Waals surface area contributed by atoms with Crippen LogP contribution in [0.15, 0.2) is 24.4 Å². The number of rotatable bonds is 6. The van der Waals surface area contributed by atoms with Gasteiger partial charge in [0.2, 0.25) is 5.91 Å². The molecule has 118 valence electrons. The SMILES string of the molecule is O=C(CCC1CCNC1)NCCc1c[nH]c2ccc(Cl)cc12. The zero-order chi connectivity index (χ0) is 15.4. The Bertz CT molecular complexity index is 646. The van der Waals surface area contributed by atoms with Crippen molar-refractivity contribution in [3.8, 4) is 0 Å². The van der Waals surface area contributed by atoms with E-state index in [0.29, 0.717) is 18.9 Å². The average molecular weight is 320 g/mol. The monoisotopic (exact) mass is 319 g/mol. The van der Waals surface area contributed by atoms with Crippen LogP contribution in [0.25, 0.3) is 10.9 Å². The molecule has 1 aliphatic heterocycles. The lowest BCUT2D eigenvalue weighted by molar-refractivity contribution is -0.121. The van der Waals surface area contributed by atoms with Gasteiger partial charge in [0.1, 0.15) is 0 Å². The summed E-state index contributed by atoms with van der Waals surface area (Å²) in [7, 11) is 0. The van der Waals surface area contributed by atoms with Gasteiger partial charge in [-0.05, 0) is 62.0 Å². The number of aromatic amines is 1. The van der Waals surface area contributed by atoms with E-state index >= 15 is 0 Å². The van der Waals surface area contributed by atoms with Crippen molar-refractivity contribution in [2.75, 3.05) is 19.6 Å². The molecule has 1 amide bonds. The van der Waals surface area contributed by atoms with Gasteiger partial charge in [-0.3, -0.25) is 4.79 Å². The fraction of sp³-hybridized carbons (Fsp3) is 0.471. The molecule has 1 unspecified atom stereocenters. The first-order chi connectivity index (χ1) is 10.7. The lowest BCUT2D eigenvalue weighted by Crippen LogP contribution is -2.26. The topological polar surface area (TPSA) is 56.9 Å². The number of nitrogens with one attached hydrogen (secondary N) is 3. The van der Waals surface area contributed by atoms with E-state index in [1.54, 1.807) is 0 Å². The quantitative estimate of drug-likeness (QED) is 0.767. The molecule has 1 aromatic heterocycles. The molecule has 1 saturated heterocycles. The summed E-state index contributed by atoms with van der Waals surface area (Å²) in [6.45, 7) is 2.82. The Morgan fingerprint density at radius 1 is 1.41 bits per heavy atom. The molecule has 5 heteroatoms. The fourth-order valence-corrected chi connectivity index (χ4v) is 3.25. The molecule has 0 spiro atoms. The van der Waals surface area contributed by atoms with Crippen LogP contribution in [0.2, 0.25) is 5.02 Å². The first kappa shape index (κ1) is 15.4. The minimum atomic E-state index is 0.157. The van der Waals surface area contributed by atoms with Crippen LogP contribution < -0.4 is 10.6 Å². The van der Waals surface area contributed by atoms with Crippen molar-refractivity contribution in [3.05, 3.63) is 35.0 Å². The van der Waals surface area contributed by atoms with E-state index in [1.807, 2.05) is 24.4 Å². The Hall–Kier alpha value is -1.52. The van der Waals surface area contributed by atoms with Crippen LogP contribution in [0.1, 0.15) is 24.8 Å². The molecule has 0 radical (unpaired) electrons. The van der Waals surface area contributed by atoms with E-state index in [1.165, 1.54) is 12.0 Å². The highest BCUT2D eigenvalue weighted by molar-refractivity contribution is 6.31. The zero-order valence-electron chi connectivity index (χ0n) is 12.6. The van der Waals surface area contributed by atoms with Gasteiger partial charge in [-0.15, -0.1) is 0 Å². The van der Waals surface area contributed by atoms with Crippen LogP contribution in [0.3, 0.4) is 0 Å². The van der Waals surface area contributed by atoms with E-state index in [-0.39, 0.29) is 5.91 Å². The second-order valence-electron chi connectivity index (χ2n) is 6.00. The Kier molecular flexibility index (Phi) is 5.01. The second-order valence-corrected chi connectivity index (χ2v) is 6.44. The largest absolute Gasteiger partial charge is 0.361 e. The minimum Gasteiger partial charge on any atom is -0.361 e. The number of carbonyl (C=O) groups is 1. The molecule has 3 rings (SSSR count). The number of fused-ring (bicyclic) bond motifs is 1. The third kappa shape index (κ3) is 3.81. The molecule has 1 aliphatic rings. The Labute approximate surface area is 135 Å². The molecule has 0 bridgehead atoms. The van der Waals surface area contributed by atoms with Gasteiger partial charge < -0.3 is 15.6 Å². The summed E-state index contributed by atoms with van der Waals surface area (Å²) < 4.78 is 0. The van der Waals surface area contributed by atoms with Crippen molar-refractivity contribution in [2.45, 2.75) is 25.7 Å². The maximum atomic E-state index is 11.9. The van der Waals surface area contributed by atoms with Crippen molar-refractivity contribution in [1.29, 1.82) is 0 Å². The van der Waals surface area contributed by atoms with Crippen LogP contribution in [-0.2, 0) is 11.2 Å². The third-order valence-electron chi connectivity index (χ3n) is 4.39. The summed E-state index contributed by atoms with van der Waals surface area (Å²) in [6, 6.07) is 5.83. The molecule has 0 aliphatic carbocycles. The van der Waals surface area contributed by atoms with Gasteiger partial charge in [0.25, 0.3) is 0 Å². The Morgan fingerprint density at radius 3 is 3.14 bits per heavy atom. The number of carbonyl (C=O) groups excluding carboxylic acids is 1. The summed E-state index contributed by atoms with van der Waals surface area (Å²) in [5, 5.41) is 8.23. The molecule has 3 N–H and O–H groups in total. The van der Waals surface area contributed by atoms with E-state index < -0.39 is 0 Å². The fourth-order valence-electron chi connectivity index (χ4n) is 3.08. The van der Waals surface area contributed by atoms with Crippen LogP contribution in [0, 0.1) is 5.92 Å². The van der Waals surface area contributed by atoms with Gasteiger partial charge >= 0.3 is 0 Å². The highest BCUT2D eigenvalue weighted by atomic mass is 35.5. The molecular weight excluding hydrogens is 298 g/mol. The number of aromatic nitrogens is 1. The maximum absolute atomic E-state index is 11.9. The molecular formula is C17H22ClN3O. The summed E-state index contributed by atoms with van der Waals surface area (Å²) in [5.41, 5.74) is 2.28. The number of H-pyrrole nitrogens is 1. The standard InChI is InChI=1S/C17H22ClN3O/c18-14-2-3-16-15(9-14)13(11-21-16)6-8-20-17(22)4-1-12-5-7-19-10-12/h2-3,9,11-12,19,21H,1,4-8,10H2,(H,20,22). The van der Waals surface area contributed by atoms with E-state index in [9.17, 15) is 4.79 Å². The Balaban J connectivity index is 1.45. The summed E-state index contributed by atoms with van der Waals surface area (Å²) >= 11 is 6.05.